The van der Waals surface area contributed by atoms with Crippen LogP contribution in [-0.4, -0.2) is 35.8 Å². The quantitative estimate of drug-likeness (QED) is 0.239. The van der Waals surface area contributed by atoms with Crippen LogP contribution in [0.1, 0.15) is 35.9 Å². The van der Waals surface area contributed by atoms with Gasteiger partial charge in [-0.25, -0.2) is 9.78 Å². The highest BCUT2D eigenvalue weighted by Gasteiger charge is 2.26. The van der Waals surface area contributed by atoms with E-state index in [1.165, 1.54) is 0 Å². The Bertz CT molecular complexity index is 1180. The van der Waals surface area contributed by atoms with Gasteiger partial charge in [-0.3, -0.25) is 4.57 Å². The molecular weight excluding hydrogens is 531 g/mol. The van der Waals surface area contributed by atoms with E-state index < -0.39 is 5.97 Å². The second-order valence-electron chi connectivity index (χ2n) is 7.44. The van der Waals surface area contributed by atoms with E-state index in [-0.39, 0.29) is 18.3 Å². The van der Waals surface area contributed by atoms with Gasteiger partial charge < -0.3 is 20.5 Å². The van der Waals surface area contributed by atoms with Crippen LogP contribution in [0.2, 0.25) is 10.0 Å². The molecule has 0 aliphatic heterocycles. The third kappa shape index (κ3) is 5.30. The van der Waals surface area contributed by atoms with Crippen LogP contribution < -0.4 is 11.1 Å². The molecule has 3 rings (SSSR count). The zero-order valence-electron chi connectivity index (χ0n) is 18.7. The fraction of sp³-hybridized carbons (Fsp3) is 0.304. The molecule has 0 unspecified atom stereocenters. The number of aryl methyl sites for hydroxylation is 1. The van der Waals surface area contributed by atoms with Crippen LogP contribution in [-0.2, 0) is 9.47 Å². The van der Waals surface area contributed by atoms with Crippen molar-refractivity contribution < 1.29 is 14.3 Å². The van der Waals surface area contributed by atoms with Crippen molar-refractivity contribution in [3.63, 3.8) is 0 Å². The Morgan fingerprint density at radius 1 is 1.30 bits per heavy atom. The standard InChI is InChI=1S/C23H25BrCl2N4O3/c1-5-33-22(31)20-21(30(23(24)29-20)13(3)11-32-4)28-17-9-7-14(25)10-15(17)18-16(26)8-6-12(2)19(18)27/h6-10,13,28H,5,11,27H2,1-4H3/t13-/m0/s1. The smallest absolute Gasteiger partial charge is 0.360 e. The Hall–Kier alpha value is -2.26. The molecule has 176 valence electrons. The van der Waals surface area contributed by atoms with Gasteiger partial charge in [-0.15, -0.1) is 0 Å². The van der Waals surface area contributed by atoms with Crippen molar-refractivity contribution in [2.75, 3.05) is 31.4 Å². The van der Waals surface area contributed by atoms with Crippen LogP contribution in [0.3, 0.4) is 0 Å². The van der Waals surface area contributed by atoms with Gasteiger partial charge >= 0.3 is 5.97 Å². The molecule has 0 spiro atoms. The highest BCUT2D eigenvalue weighted by atomic mass is 79.9. The maximum Gasteiger partial charge on any atom is 0.360 e. The summed E-state index contributed by atoms with van der Waals surface area (Å²) in [6, 6.07) is 8.82. The summed E-state index contributed by atoms with van der Waals surface area (Å²) in [5, 5.41) is 4.35. The van der Waals surface area contributed by atoms with Crippen molar-refractivity contribution in [3.8, 4) is 11.1 Å². The maximum atomic E-state index is 12.7. The molecule has 1 heterocycles. The van der Waals surface area contributed by atoms with E-state index in [9.17, 15) is 4.79 Å². The van der Waals surface area contributed by atoms with Crippen LogP contribution in [0.5, 0.6) is 0 Å². The number of halogens is 3. The van der Waals surface area contributed by atoms with E-state index >= 15 is 0 Å². The molecule has 0 aliphatic rings. The third-order valence-corrected chi connectivity index (χ3v) is 6.21. The van der Waals surface area contributed by atoms with Crippen LogP contribution in [0, 0.1) is 6.92 Å². The normalized spacial score (nSPS) is 12.0. The summed E-state index contributed by atoms with van der Waals surface area (Å²) in [5.74, 6) is -0.108. The molecule has 0 bridgehead atoms. The zero-order chi connectivity index (χ0) is 24.3. The summed E-state index contributed by atoms with van der Waals surface area (Å²) >= 11 is 16.3. The van der Waals surface area contributed by atoms with Crippen molar-refractivity contribution in [1.82, 2.24) is 9.55 Å². The van der Waals surface area contributed by atoms with Crippen LogP contribution >= 0.6 is 39.1 Å². The number of esters is 1. The number of nitrogens with one attached hydrogen (secondary N) is 1. The first-order valence-corrected chi connectivity index (χ1v) is 11.8. The molecule has 1 atom stereocenters. The van der Waals surface area contributed by atoms with Gasteiger partial charge in [0.15, 0.2) is 10.4 Å². The van der Waals surface area contributed by atoms with Crippen LogP contribution in [0.25, 0.3) is 11.1 Å². The molecule has 10 heteroatoms. The minimum atomic E-state index is -0.548. The van der Waals surface area contributed by atoms with Gasteiger partial charge in [-0.1, -0.05) is 29.3 Å². The summed E-state index contributed by atoms with van der Waals surface area (Å²) < 4.78 is 12.8. The molecular formula is C23H25BrCl2N4O3. The van der Waals surface area contributed by atoms with Gasteiger partial charge in [0, 0.05) is 34.6 Å². The van der Waals surface area contributed by atoms with Crippen molar-refractivity contribution in [2.45, 2.75) is 26.8 Å². The Morgan fingerprint density at radius 3 is 2.70 bits per heavy atom. The number of benzene rings is 2. The molecule has 0 fully saturated rings. The average molecular weight is 556 g/mol. The summed E-state index contributed by atoms with van der Waals surface area (Å²) in [7, 11) is 1.61. The van der Waals surface area contributed by atoms with Gasteiger partial charge in [0.25, 0.3) is 0 Å². The lowest BCUT2D eigenvalue weighted by Gasteiger charge is -2.21. The predicted molar refractivity (Wildman–Crippen MR) is 137 cm³/mol. The SMILES string of the molecule is CCOC(=O)c1nc(Br)n([C@@H](C)COC)c1Nc1ccc(Cl)cc1-c1c(Cl)ccc(C)c1N. The Balaban J connectivity index is 2.22. The molecule has 0 radical (unpaired) electrons. The van der Waals surface area contributed by atoms with E-state index in [1.807, 2.05) is 24.5 Å². The molecule has 33 heavy (non-hydrogen) atoms. The second kappa shape index (κ2) is 10.8. The number of hydrogen-bond donors (Lipinski definition) is 2. The number of methoxy groups -OCH3 is 1. The van der Waals surface area contributed by atoms with Gasteiger partial charge in [0.05, 0.1) is 24.3 Å². The Kier molecular flexibility index (Phi) is 8.28. The zero-order valence-corrected chi connectivity index (χ0v) is 21.8. The number of carbonyl (C=O) groups is 1. The van der Waals surface area contributed by atoms with Crippen molar-refractivity contribution in [2.24, 2.45) is 0 Å². The molecule has 1 aromatic heterocycles. The van der Waals surface area contributed by atoms with E-state index in [0.717, 1.165) is 5.56 Å². The summed E-state index contributed by atoms with van der Waals surface area (Å²) in [6.45, 7) is 6.22. The number of carbonyl (C=O) groups excluding carboxylic acids is 1. The van der Waals surface area contributed by atoms with Crippen molar-refractivity contribution in [3.05, 3.63) is 56.4 Å². The molecule has 2 aromatic carbocycles. The number of anilines is 3. The Morgan fingerprint density at radius 2 is 2.03 bits per heavy atom. The Labute approximate surface area is 211 Å². The third-order valence-electron chi connectivity index (χ3n) is 5.10. The maximum absolute atomic E-state index is 12.7. The molecule has 3 N–H and O–H groups in total. The molecule has 3 aromatic rings. The monoisotopic (exact) mass is 554 g/mol. The fourth-order valence-electron chi connectivity index (χ4n) is 3.52. The lowest BCUT2D eigenvalue weighted by Crippen LogP contribution is -2.16. The summed E-state index contributed by atoms with van der Waals surface area (Å²) in [5.41, 5.74) is 9.93. The second-order valence-corrected chi connectivity index (χ2v) is 8.99. The van der Waals surface area contributed by atoms with E-state index in [2.05, 4.69) is 26.2 Å². The minimum Gasteiger partial charge on any atom is -0.461 e. The first kappa shape index (κ1) is 25.4. The number of ether oxygens (including phenoxy) is 2. The average Bonchev–Trinajstić information content (AvgIpc) is 3.09. The minimum absolute atomic E-state index is 0.135. The number of rotatable bonds is 8. The predicted octanol–water partition coefficient (Wildman–Crippen LogP) is 6.64. The highest BCUT2D eigenvalue weighted by Crippen LogP contribution is 2.42. The van der Waals surface area contributed by atoms with Crippen molar-refractivity contribution >= 4 is 62.3 Å². The number of imidazole rings is 1. The lowest BCUT2D eigenvalue weighted by atomic mass is 9.99. The van der Waals surface area contributed by atoms with E-state index in [4.69, 9.17) is 38.4 Å². The van der Waals surface area contributed by atoms with Crippen molar-refractivity contribution in [1.29, 1.82) is 0 Å². The van der Waals surface area contributed by atoms with Gasteiger partial charge in [-0.05, 0) is 66.5 Å². The van der Waals surface area contributed by atoms with Gasteiger partial charge in [0.2, 0.25) is 0 Å². The molecule has 7 nitrogen and oxygen atoms in total. The first-order valence-electron chi connectivity index (χ1n) is 10.2. The first-order chi connectivity index (χ1) is 15.7. The number of nitrogens with two attached hydrogens (primary N) is 1. The van der Waals surface area contributed by atoms with Gasteiger partial charge in [0.1, 0.15) is 5.82 Å². The van der Waals surface area contributed by atoms with E-state index in [0.29, 0.717) is 49.7 Å². The summed E-state index contributed by atoms with van der Waals surface area (Å²) in [6.07, 6.45) is 0. The van der Waals surface area contributed by atoms with Gasteiger partial charge in [-0.2, -0.15) is 0 Å². The molecule has 0 amide bonds. The number of nitrogen functional groups attached to an aromatic ring is 1. The van der Waals surface area contributed by atoms with Crippen LogP contribution in [0.4, 0.5) is 17.2 Å². The highest BCUT2D eigenvalue weighted by molar-refractivity contribution is 9.10. The topological polar surface area (TPSA) is 91.4 Å². The number of nitrogens with zero attached hydrogens (tertiary/aromatic N) is 2. The van der Waals surface area contributed by atoms with Crippen LogP contribution in [0.15, 0.2) is 35.1 Å². The lowest BCUT2D eigenvalue weighted by molar-refractivity contribution is 0.0521. The fourth-order valence-corrected chi connectivity index (χ4v) is 4.66. The number of aromatic nitrogens is 2. The molecule has 0 saturated carbocycles. The summed E-state index contributed by atoms with van der Waals surface area (Å²) in [4.78, 5) is 17.1. The van der Waals surface area contributed by atoms with E-state index in [1.54, 1.807) is 38.3 Å². The molecule has 0 saturated heterocycles. The largest absolute Gasteiger partial charge is 0.461 e. The molecule has 0 aliphatic carbocycles. The number of hydrogen-bond acceptors (Lipinski definition) is 6.